The highest BCUT2D eigenvalue weighted by atomic mass is 32.2. The van der Waals surface area contributed by atoms with Gasteiger partial charge in [0.1, 0.15) is 0 Å². The van der Waals surface area contributed by atoms with Gasteiger partial charge in [-0.15, -0.1) is 0 Å². The second-order valence-corrected chi connectivity index (χ2v) is 12.2. The quantitative estimate of drug-likeness (QED) is 0.217. The van der Waals surface area contributed by atoms with Crippen molar-refractivity contribution in [3.63, 3.8) is 0 Å². The summed E-state index contributed by atoms with van der Waals surface area (Å²) in [6, 6.07) is 42.9. The monoisotopic (exact) mass is 530 g/mol. The van der Waals surface area contributed by atoms with Crippen molar-refractivity contribution in [2.24, 2.45) is 0 Å². The van der Waals surface area contributed by atoms with E-state index in [0.717, 1.165) is 6.42 Å². The van der Waals surface area contributed by atoms with E-state index < -0.39 is 0 Å². The van der Waals surface area contributed by atoms with Crippen molar-refractivity contribution in [1.82, 2.24) is 4.57 Å². The molecule has 2 aliphatic heterocycles. The number of benzene rings is 5. The summed E-state index contributed by atoms with van der Waals surface area (Å²) in [4.78, 5) is 5.24. The number of hydrogen-bond acceptors (Lipinski definition) is 2. The van der Waals surface area contributed by atoms with E-state index in [1.165, 1.54) is 84.8 Å². The topological polar surface area (TPSA) is 8.17 Å². The fourth-order valence-corrected chi connectivity index (χ4v) is 8.61. The van der Waals surface area contributed by atoms with Gasteiger partial charge >= 0.3 is 0 Å². The zero-order valence-corrected chi connectivity index (χ0v) is 23.0. The summed E-state index contributed by atoms with van der Waals surface area (Å²) in [6.45, 7) is 0.225. The van der Waals surface area contributed by atoms with Crippen LogP contribution in [0.25, 0.3) is 16.6 Å². The van der Waals surface area contributed by atoms with Gasteiger partial charge in [0, 0.05) is 43.6 Å². The second-order valence-electron chi connectivity index (χ2n) is 11.2. The highest BCUT2D eigenvalue weighted by molar-refractivity contribution is 8.00. The van der Waals surface area contributed by atoms with Gasteiger partial charge in [0.15, 0.2) is 0 Å². The molecule has 40 heavy (non-hydrogen) atoms. The summed E-state index contributed by atoms with van der Waals surface area (Å²) < 4.78 is 2.58. The van der Waals surface area contributed by atoms with Gasteiger partial charge in [0.2, 0.25) is 6.71 Å². The lowest BCUT2D eigenvalue weighted by atomic mass is 9.35. The Hall–Kier alpha value is -4.15. The van der Waals surface area contributed by atoms with Crippen LogP contribution in [0.3, 0.4) is 0 Å². The lowest BCUT2D eigenvalue weighted by Gasteiger charge is -2.40. The molecule has 5 aromatic carbocycles. The van der Waals surface area contributed by atoms with E-state index in [9.17, 15) is 0 Å². The first-order valence-corrected chi connectivity index (χ1v) is 15.2. The van der Waals surface area contributed by atoms with Crippen LogP contribution in [0, 0.1) is 0 Å². The molecule has 9 rings (SSSR count). The lowest BCUT2D eigenvalue weighted by Crippen LogP contribution is -2.59. The van der Waals surface area contributed by atoms with Crippen LogP contribution in [-0.4, -0.2) is 11.3 Å². The number of rotatable bonds is 2. The predicted molar refractivity (Wildman–Crippen MR) is 170 cm³/mol. The molecule has 0 amide bonds. The fraction of sp³-hybridized carbons (Fsp3) is 0.111. The maximum atomic E-state index is 2.58. The minimum absolute atomic E-state index is 0.225. The van der Waals surface area contributed by atoms with Crippen LogP contribution in [0.5, 0.6) is 0 Å². The van der Waals surface area contributed by atoms with Gasteiger partial charge in [-0.2, -0.15) is 0 Å². The Labute approximate surface area is 239 Å². The summed E-state index contributed by atoms with van der Waals surface area (Å²) in [5.41, 5.74) is 13.7. The maximum absolute atomic E-state index is 2.58. The molecule has 0 fully saturated rings. The number of fused-ring (bicyclic) bond motifs is 7. The first kappa shape index (κ1) is 22.6. The molecule has 0 saturated heterocycles. The van der Waals surface area contributed by atoms with Crippen LogP contribution in [0.4, 0.5) is 17.1 Å². The SMILES string of the molecule is c1ccc(N2c3ccccc3B3c4ccccc4Sc4cc(-n5c6c(c7ccccc75)CCCC6)cc2c43)cc1. The number of hydrogen-bond donors (Lipinski definition) is 0. The summed E-state index contributed by atoms with van der Waals surface area (Å²) in [5.74, 6) is 0. The highest BCUT2D eigenvalue weighted by Gasteiger charge is 2.41. The van der Waals surface area contributed by atoms with Crippen molar-refractivity contribution in [1.29, 1.82) is 0 Å². The molecule has 190 valence electrons. The molecule has 6 aromatic rings. The molecule has 3 aliphatic rings. The van der Waals surface area contributed by atoms with E-state index in [4.69, 9.17) is 0 Å². The van der Waals surface area contributed by atoms with Crippen molar-refractivity contribution in [3.05, 3.63) is 127 Å². The van der Waals surface area contributed by atoms with E-state index >= 15 is 0 Å². The van der Waals surface area contributed by atoms with Crippen molar-refractivity contribution < 1.29 is 0 Å². The van der Waals surface area contributed by atoms with E-state index in [2.05, 4.69) is 125 Å². The van der Waals surface area contributed by atoms with Gasteiger partial charge < -0.3 is 9.47 Å². The van der Waals surface area contributed by atoms with Gasteiger partial charge in [-0.05, 0) is 84.6 Å². The minimum atomic E-state index is 0.225. The van der Waals surface area contributed by atoms with Crippen LogP contribution in [0.15, 0.2) is 125 Å². The average molecular weight is 531 g/mol. The molecular formula is C36H27BN2S. The van der Waals surface area contributed by atoms with Crippen molar-refractivity contribution in [2.75, 3.05) is 4.90 Å². The van der Waals surface area contributed by atoms with Gasteiger partial charge in [-0.25, -0.2) is 0 Å². The van der Waals surface area contributed by atoms with Crippen LogP contribution >= 0.6 is 11.8 Å². The van der Waals surface area contributed by atoms with E-state index in [-0.39, 0.29) is 6.71 Å². The summed E-state index contributed by atoms with van der Waals surface area (Å²) >= 11 is 1.94. The van der Waals surface area contributed by atoms with E-state index in [0.29, 0.717) is 0 Å². The molecule has 0 N–H and O–H groups in total. The number of nitrogens with zero attached hydrogens (tertiary/aromatic N) is 2. The zero-order chi connectivity index (χ0) is 26.2. The molecule has 0 bridgehead atoms. The van der Waals surface area contributed by atoms with Crippen LogP contribution in [0.1, 0.15) is 24.1 Å². The second kappa shape index (κ2) is 8.68. The maximum Gasteiger partial charge on any atom is 0.249 e. The molecule has 0 radical (unpaired) electrons. The molecule has 1 aliphatic carbocycles. The van der Waals surface area contributed by atoms with Gasteiger partial charge in [0.05, 0.1) is 5.52 Å². The summed E-state index contributed by atoms with van der Waals surface area (Å²) in [7, 11) is 0. The first-order chi connectivity index (χ1) is 19.9. The first-order valence-electron chi connectivity index (χ1n) is 14.4. The molecular weight excluding hydrogens is 503 g/mol. The third-order valence-corrected chi connectivity index (χ3v) is 10.2. The zero-order valence-electron chi connectivity index (χ0n) is 22.2. The number of aromatic nitrogens is 1. The number of aryl methyl sites for hydroxylation is 1. The van der Waals surface area contributed by atoms with Gasteiger partial charge in [-0.1, -0.05) is 90.0 Å². The van der Waals surface area contributed by atoms with E-state index in [1.807, 2.05) is 11.8 Å². The number of anilines is 3. The average Bonchev–Trinajstić information content (AvgIpc) is 3.35. The molecule has 2 nitrogen and oxygen atoms in total. The Kier molecular flexibility index (Phi) is 4.91. The minimum Gasteiger partial charge on any atom is -0.313 e. The fourth-order valence-electron chi connectivity index (χ4n) is 7.41. The molecule has 3 heterocycles. The van der Waals surface area contributed by atoms with E-state index in [1.54, 1.807) is 5.56 Å². The molecule has 0 atom stereocenters. The normalized spacial score (nSPS) is 14.9. The van der Waals surface area contributed by atoms with Crippen molar-refractivity contribution in [3.8, 4) is 5.69 Å². The predicted octanol–water partition coefficient (Wildman–Crippen LogP) is 7.27. The molecule has 0 spiro atoms. The molecule has 0 unspecified atom stereocenters. The smallest absolute Gasteiger partial charge is 0.249 e. The van der Waals surface area contributed by atoms with Crippen molar-refractivity contribution in [2.45, 2.75) is 35.5 Å². The lowest BCUT2D eigenvalue weighted by molar-refractivity contribution is 0.666. The Morgan fingerprint density at radius 1 is 0.600 bits per heavy atom. The Bertz CT molecular complexity index is 1960. The van der Waals surface area contributed by atoms with Crippen molar-refractivity contribution >= 4 is 62.8 Å². The standard InChI is InChI=1S/C36H27BN2S/c1-2-12-24(13-3-1)38-32-20-10-6-16-28(32)37-29-17-7-11-21-34(29)40-35-23-25(22-33(38)36(35)37)39-30-18-8-4-14-26(30)27-15-5-9-19-31(27)39/h1-4,6-8,10-14,16-18,20-23H,5,9,15,19H2. The highest BCUT2D eigenvalue weighted by Crippen LogP contribution is 2.44. The number of para-hydroxylation sites is 3. The third-order valence-electron chi connectivity index (χ3n) is 9.02. The van der Waals surface area contributed by atoms with Crippen LogP contribution in [0.2, 0.25) is 0 Å². The van der Waals surface area contributed by atoms with Gasteiger partial charge in [-0.3, -0.25) is 0 Å². The summed E-state index contributed by atoms with van der Waals surface area (Å²) in [5, 5.41) is 1.42. The Morgan fingerprint density at radius 2 is 1.35 bits per heavy atom. The Morgan fingerprint density at radius 3 is 2.27 bits per heavy atom. The Balaban J connectivity index is 1.38. The molecule has 1 aromatic heterocycles. The summed E-state index contributed by atoms with van der Waals surface area (Å²) in [6.07, 6.45) is 4.85. The largest absolute Gasteiger partial charge is 0.313 e. The third kappa shape index (κ3) is 3.14. The van der Waals surface area contributed by atoms with Crippen LogP contribution < -0.4 is 21.3 Å². The van der Waals surface area contributed by atoms with Gasteiger partial charge in [0.25, 0.3) is 0 Å². The molecule has 0 saturated carbocycles. The van der Waals surface area contributed by atoms with Crippen LogP contribution in [-0.2, 0) is 12.8 Å². The molecule has 4 heteroatoms.